The maximum atomic E-state index is 5.36. The Balaban J connectivity index is 1.48. The van der Waals surface area contributed by atoms with E-state index in [0.717, 1.165) is 44.7 Å². The molecule has 0 aromatic heterocycles. The van der Waals surface area contributed by atoms with Gasteiger partial charge < -0.3 is 10.1 Å². The predicted octanol–water partition coefficient (Wildman–Crippen LogP) is 2.12. The molecular formula is C15H30N2O. The first kappa shape index (κ1) is 14.3. The second-order valence-corrected chi connectivity index (χ2v) is 5.95. The molecule has 2 fully saturated rings. The molecule has 0 bridgehead atoms. The van der Waals surface area contributed by atoms with Crippen molar-refractivity contribution in [3.05, 3.63) is 0 Å². The van der Waals surface area contributed by atoms with E-state index in [4.69, 9.17) is 4.74 Å². The van der Waals surface area contributed by atoms with Gasteiger partial charge in [0, 0.05) is 26.2 Å². The zero-order valence-electron chi connectivity index (χ0n) is 12.0. The first-order chi connectivity index (χ1) is 8.88. The molecule has 0 aromatic rings. The maximum Gasteiger partial charge on any atom is 0.0594 e. The van der Waals surface area contributed by atoms with Crippen LogP contribution in [0.15, 0.2) is 0 Å². The van der Waals surface area contributed by atoms with Gasteiger partial charge in [0.25, 0.3) is 0 Å². The largest absolute Gasteiger partial charge is 0.379 e. The van der Waals surface area contributed by atoms with E-state index < -0.39 is 0 Å². The van der Waals surface area contributed by atoms with Crippen LogP contribution in [0.4, 0.5) is 0 Å². The van der Waals surface area contributed by atoms with Crippen LogP contribution in [0.25, 0.3) is 0 Å². The fourth-order valence-corrected chi connectivity index (χ4v) is 3.21. The third-order valence-corrected chi connectivity index (χ3v) is 4.69. The summed E-state index contributed by atoms with van der Waals surface area (Å²) in [4.78, 5) is 2.50. The molecule has 2 aliphatic rings. The van der Waals surface area contributed by atoms with Crippen LogP contribution in [0.3, 0.4) is 0 Å². The quantitative estimate of drug-likeness (QED) is 0.735. The number of hydrogen-bond donors (Lipinski definition) is 1. The first-order valence-corrected chi connectivity index (χ1v) is 7.89. The molecule has 0 amide bonds. The van der Waals surface area contributed by atoms with Gasteiger partial charge in [-0.05, 0) is 31.2 Å². The van der Waals surface area contributed by atoms with E-state index in [0.29, 0.717) is 0 Å². The molecule has 0 unspecified atom stereocenters. The van der Waals surface area contributed by atoms with E-state index in [2.05, 4.69) is 17.1 Å². The highest BCUT2D eigenvalue weighted by Crippen LogP contribution is 2.29. The Morgan fingerprint density at radius 2 is 1.72 bits per heavy atom. The van der Waals surface area contributed by atoms with Gasteiger partial charge in [-0.25, -0.2) is 0 Å². The Hall–Kier alpha value is -0.120. The molecule has 1 aliphatic carbocycles. The van der Waals surface area contributed by atoms with Crippen molar-refractivity contribution < 1.29 is 4.74 Å². The molecule has 0 spiro atoms. The highest BCUT2D eigenvalue weighted by atomic mass is 16.5. The van der Waals surface area contributed by atoms with E-state index >= 15 is 0 Å². The van der Waals surface area contributed by atoms with Crippen LogP contribution in [-0.4, -0.2) is 50.8 Å². The van der Waals surface area contributed by atoms with Crippen molar-refractivity contribution in [3.8, 4) is 0 Å². The molecule has 3 heteroatoms. The van der Waals surface area contributed by atoms with Crippen molar-refractivity contribution in [2.75, 3.05) is 45.9 Å². The Bertz CT molecular complexity index is 209. The number of hydrogen-bond acceptors (Lipinski definition) is 3. The lowest BCUT2D eigenvalue weighted by atomic mass is 9.81. The van der Waals surface area contributed by atoms with Gasteiger partial charge in [0.15, 0.2) is 0 Å². The molecule has 1 heterocycles. The van der Waals surface area contributed by atoms with Crippen LogP contribution in [0.2, 0.25) is 0 Å². The van der Waals surface area contributed by atoms with Crippen molar-refractivity contribution >= 4 is 0 Å². The molecule has 1 N–H and O–H groups in total. The van der Waals surface area contributed by atoms with Crippen molar-refractivity contribution in [1.29, 1.82) is 0 Å². The van der Waals surface area contributed by atoms with Gasteiger partial charge in [-0.1, -0.05) is 26.2 Å². The fourth-order valence-electron chi connectivity index (χ4n) is 3.21. The maximum absolute atomic E-state index is 5.36. The predicted molar refractivity (Wildman–Crippen MR) is 75.9 cm³/mol. The molecule has 1 saturated carbocycles. The van der Waals surface area contributed by atoms with Gasteiger partial charge in [0.1, 0.15) is 0 Å². The van der Waals surface area contributed by atoms with Crippen LogP contribution in [0.5, 0.6) is 0 Å². The zero-order chi connectivity index (χ0) is 12.6. The molecule has 2 rings (SSSR count). The van der Waals surface area contributed by atoms with Crippen LogP contribution >= 0.6 is 0 Å². The lowest BCUT2D eigenvalue weighted by molar-refractivity contribution is 0.0383. The monoisotopic (exact) mass is 254 g/mol. The van der Waals surface area contributed by atoms with Gasteiger partial charge >= 0.3 is 0 Å². The van der Waals surface area contributed by atoms with Gasteiger partial charge in [0.05, 0.1) is 13.2 Å². The minimum atomic E-state index is 0.918. The summed E-state index contributed by atoms with van der Waals surface area (Å²) in [5.41, 5.74) is 0. The lowest BCUT2D eigenvalue weighted by Gasteiger charge is -2.29. The number of nitrogens with one attached hydrogen (secondary N) is 1. The highest BCUT2D eigenvalue weighted by Gasteiger charge is 2.19. The molecule has 106 valence electrons. The fraction of sp³-hybridized carbons (Fsp3) is 1.00. The molecular weight excluding hydrogens is 224 g/mol. The normalized spacial score (nSPS) is 30.5. The molecule has 18 heavy (non-hydrogen) atoms. The Kier molecular flexibility index (Phi) is 6.46. The van der Waals surface area contributed by atoms with Crippen molar-refractivity contribution in [2.24, 2.45) is 11.8 Å². The van der Waals surface area contributed by atoms with Gasteiger partial charge in [-0.2, -0.15) is 0 Å². The second kappa shape index (κ2) is 8.13. The molecule has 1 aliphatic heterocycles. The minimum absolute atomic E-state index is 0.918. The summed E-state index contributed by atoms with van der Waals surface area (Å²) in [6, 6.07) is 0. The number of morpholine rings is 1. The van der Waals surface area contributed by atoms with Crippen molar-refractivity contribution in [2.45, 2.75) is 39.0 Å². The van der Waals surface area contributed by atoms with E-state index in [1.54, 1.807) is 0 Å². The summed E-state index contributed by atoms with van der Waals surface area (Å²) in [6.45, 7) is 9.97. The van der Waals surface area contributed by atoms with E-state index in [-0.39, 0.29) is 0 Å². The SMILES string of the molecule is CCC1CCC(CNCCN2CCOCC2)CC1. The zero-order valence-corrected chi connectivity index (χ0v) is 12.0. The number of rotatable bonds is 6. The molecule has 0 radical (unpaired) electrons. The average Bonchev–Trinajstić information content (AvgIpc) is 2.45. The van der Waals surface area contributed by atoms with Crippen LogP contribution < -0.4 is 5.32 Å². The van der Waals surface area contributed by atoms with Crippen LogP contribution in [0.1, 0.15) is 39.0 Å². The highest BCUT2D eigenvalue weighted by molar-refractivity contribution is 4.73. The first-order valence-electron chi connectivity index (χ1n) is 7.89. The summed E-state index contributed by atoms with van der Waals surface area (Å²) < 4.78 is 5.36. The molecule has 3 nitrogen and oxygen atoms in total. The van der Waals surface area contributed by atoms with Gasteiger partial charge in [-0.3, -0.25) is 4.90 Å². The second-order valence-electron chi connectivity index (χ2n) is 5.95. The van der Waals surface area contributed by atoms with Crippen LogP contribution in [-0.2, 0) is 4.74 Å². The van der Waals surface area contributed by atoms with E-state index in [1.807, 2.05) is 0 Å². The smallest absolute Gasteiger partial charge is 0.0594 e. The Labute approximate surface area is 112 Å². The minimum Gasteiger partial charge on any atom is -0.379 e. The summed E-state index contributed by atoms with van der Waals surface area (Å²) in [6.07, 6.45) is 7.21. The third kappa shape index (κ3) is 4.87. The lowest BCUT2D eigenvalue weighted by Crippen LogP contribution is -2.41. The molecule has 1 saturated heterocycles. The Morgan fingerprint density at radius 3 is 2.39 bits per heavy atom. The average molecular weight is 254 g/mol. The summed E-state index contributed by atoms with van der Waals surface area (Å²) in [7, 11) is 0. The number of nitrogens with zero attached hydrogens (tertiary/aromatic N) is 1. The van der Waals surface area contributed by atoms with Gasteiger partial charge in [0.2, 0.25) is 0 Å². The molecule has 0 aromatic carbocycles. The Morgan fingerprint density at radius 1 is 1.06 bits per heavy atom. The summed E-state index contributed by atoms with van der Waals surface area (Å²) >= 11 is 0. The molecule has 0 atom stereocenters. The third-order valence-electron chi connectivity index (χ3n) is 4.69. The van der Waals surface area contributed by atoms with Crippen molar-refractivity contribution in [1.82, 2.24) is 10.2 Å². The summed E-state index contributed by atoms with van der Waals surface area (Å²) in [5, 5.41) is 3.65. The number of ether oxygens (including phenoxy) is 1. The topological polar surface area (TPSA) is 24.5 Å². The summed E-state index contributed by atoms with van der Waals surface area (Å²) in [5.74, 6) is 1.96. The van der Waals surface area contributed by atoms with Crippen molar-refractivity contribution in [3.63, 3.8) is 0 Å². The van der Waals surface area contributed by atoms with Gasteiger partial charge in [-0.15, -0.1) is 0 Å². The van der Waals surface area contributed by atoms with Crippen LogP contribution in [0, 0.1) is 11.8 Å². The standard InChI is InChI=1S/C15H30N2O/c1-2-14-3-5-15(6-4-14)13-16-7-8-17-9-11-18-12-10-17/h14-16H,2-13H2,1H3. The van der Waals surface area contributed by atoms with E-state index in [1.165, 1.54) is 45.2 Å². The van der Waals surface area contributed by atoms with E-state index in [9.17, 15) is 0 Å².